The van der Waals surface area contributed by atoms with Crippen LogP contribution in [0.2, 0.25) is 0 Å². The Hall–Kier alpha value is -3.81. The Bertz CT molecular complexity index is 985. The van der Waals surface area contributed by atoms with Crippen molar-refractivity contribution in [1.29, 1.82) is 0 Å². The van der Waals surface area contributed by atoms with Gasteiger partial charge in [-0.2, -0.15) is 0 Å². The second kappa shape index (κ2) is 7.20. The number of carbonyl (C=O) groups excluding carboxylic acids is 2. The number of carbonyl (C=O) groups is 2. The van der Waals surface area contributed by atoms with Gasteiger partial charge in [-0.15, -0.1) is 0 Å². The first-order valence-electron chi connectivity index (χ1n) is 8.17. The van der Waals surface area contributed by atoms with Crippen molar-refractivity contribution in [2.75, 3.05) is 12.1 Å². The molecule has 4 rings (SSSR count). The lowest BCUT2D eigenvalue weighted by Gasteiger charge is -2.08. The zero-order valence-electron chi connectivity index (χ0n) is 14.1. The van der Waals surface area contributed by atoms with E-state index in [0.717, 1.165) is 0 Å². The molecular formula is C19H15N3O5. The summed E-state index contributed by atoms with van der Waals surface area (Å²) in [6, 6.07) is 11.6. The summed E-state index contributed by atoms with van der Waals surface area (Å²) in [7, 11) is 0. The molecule has 8 nitrogen and oxygen atoms in total. The van der Waals surface area contributed by atoms with Gasteiger partial charge in [0.25, 0.3) is 11.8 Å². The molecule has 1 aliphatic rings. The third-order valence-electron chi connectivity index (χ3n) is 3.89. The van der Waals surface area contributed by atoms with E-state index in [9.17, 15) is 9.59 Å². The van der Waals surface area contributed by atoms with Crippen LogP contribution in [0.25, 0.3) is 0 Å². The predicted molar refractivity (Wildman–Crippen MR) is 94.6 cm³/mol. The Morgan fingerprint density at radius 3 is 2.78 bits per heavy atom. The van der Waals surface area contributed by atoms with Crippen molar-refractivity contribution in [2.45, 2.75) is 6.54 Å². The smallest absolute Gasteiger partial charge is 0.270 e. The van der Waals surface area contributed by atoms with E-state index in [0.29, 0.717) is 28.5 Å². The maximum Gasteiger partial charge on any atom is 0.270 e. The summed E-state index contributed by atoms with van der Waals surface area (Å²) in [5.74, 6) is 1.06. The Morgan fingerprint density at radius 1 is 1.04 bits per heavy atom. The van der Waals surface area contributed by atoms with Gasteiger partial charge in [0, 0.05) is 23.5 Å². The van der Waals surface area contributed by atoms with Crippen molar-refractivity contribution < 1.29 is 23.5 Å². The van der Waals surface area contributed by atoms with E-state index < -0.39 is 5.91 Å². The highest BCUT2D eigenvalue weighted by molar-refractivity contribution is 6.05. The molecule has 0 saturated carbocycles. The van der Waals surface area contributed by atoms with Gasteiger partial charge in [-0.25, -0.2) is 0 Å². The van der Waals surface area contributed by atoms with Crippen LogP contribution in [0.3, 0.4) is 0 Å². The highest BCUT2D eigenvalue weighted by atomic mass is 16.7. The van der Waals surface area contributed by atoms with Crippen LogP contribution in [-0.2, 0) is 6.54 Å². The number of nitrogens with one attached hydrogen (secondary N) is 2. The minimum Gasteiger partial charge on any atom is -0.467 e. The highest BCUT2D eigenvalue weighted by Crippen LogP contribution is 2.34. The third kappa shape index (κ3) is 3.74. The number of aromatic nitrogens is 1. The van der Waals surface area contributed by atoms with Gasteiger partial charge in [0.2, 0.25) is 6.79 Å². The molecule has 0 fully saturated rings. The molecule has 0 radical (unpaired) electrons. The van der Waals surface area contributed by atoms with Crippen molar-refractivity contribution in [3.05, 3.63) is 71.9 Å². The Balaban J connectivity index is 1.43. The number of hydrogen-bond acceptors (Lipinski definition) is 6. The zero-order chi connectivity index (χ0) is 18.6. The fourth-order valence-electron chi connectivity index (χ4n) is 2.54. The Kier molecular flexibility index (Phi) is 4.44. The van der Waals surface area contributed by atoms with Crippen LogP contribution in [0.1, 0.15) is 26.6 Å². The number of rotatable bonds is 5. The Morgan fingerprint density at radius 2 is 1.93 bits per heavy atom. The molecule has 0 bridgehead atoms. The van der Waals surface area contributed by atoms with Gasteiger partial charge >= 0.3 is 0 Å². The number of ether oxygens (including phenoxy) is 2. The third-order valence-corrected chi connectivity index (χ3v) is 3.89. The highest BCUT2D eigenvalue weighted by Gasteiger charge is 2.16. The van der Waals surface area contributed by atoms with Crippen LogP contribution < -0.4 is 20.1 Å². The molecule has 2 N–H and O–H groups in total. The molecule has 8 heteroatoms. The van der Waals surface area contributed by atoms with E-state index in [1.165, 1.54) is 24.6 Å². The molecule has 27 heavy (non-hydrogen) atoms. The van der Waals surface area contributed by atoms with Crippen molar-refractivity contribution >= 4 is 17.5 Å². The maximum atomic E-state index is 12.5. The number of amides is 2. The summed E-state index contributed by atoms with van der Waals surface area (Å²) in [6.07, 6.45) is 2.94. The summed E-state index contributed by atoms with van der Waals surface area (Å²) >= 11 is 0. The van der Waals surface area contributed by atoms with E-state index >= 15 is 0 Å². The topological polar surface area (TPSA) is 103 Å². The van der Waals surface area contributed by atoms with E-state index in [1.807, 2.05) is 0 Å². The quantitative estimate of drug-likeness (QED) is 0.720. The summed E-state index contributed by atoms with van der Waals surface area (Å²) in [5.41, 5.74) is 1.01. The monoisotopic (exact) mass is 365 g/mol. The maximum absolute atomic E-state index is 12.5. The standard InChI is InChI=1S/C19H15N3O5/c23-18(22-13-3-4-16-17(9-13)27-11-26-16)12-5-6-20-15(8-12)19(24)21-10-14-2-1-7-25-14/h1-9H,10-11H2,(H,21,24)(H,22,23). The van der Waals surface area contributed by atoms with Crippen LogP contribution in [0.15, 0.2) is 59.3 Å². The SMILES string of the molecule is O=C(Nc1ccc2c(c1)OCO2)c1ccnc(C(=O)NCc2ccco2)c1. The van der Waals surface area contributed by atoms with E-state index in [1.54, 1.807) is 30.3 Å². The lowest BCUT2D eigenvalue weighted by Crippen LogP contribution is -2.24. The first-order valence-corrected chi connectivity index (χ1v) is 8.17. The lowest BCUT2D eigenvalue weighted by atomic mass is 10.2. The van der Waals surface area contributed by atoms with E-state index in [4.69, 9.17) is 13.9 Å². The van der Waals surface area contributed by atoms with Crippen molar-refractivity contribution in [1.82, 2.24) is 10.3 Å². The van der Waals surface area contributed by atoms with Crippen molar-refractivity contribution in [2.24, 2.45) is 0 Å². The molecule has 3 aromatic rings. The molecule has 1 aromatic carbocycles. The molecular weight excluding hydrogens is 350 g/mol. The molecule has 1 aliphatic heterocycles. The van der Waals surface area contributed by atoms with Gasteiger partial charge < -0.3 is 24.5 Å². The molecule has 136 valence electrons. The van der Waals surface area contributed by atoms with Gasteiger partial charge in [-0.3, -0.25) is 14.6 Å². The largest absolute Gasteiger partial charge is 0.467 e. The van der Waals surface area contributed by atoms with E-state index in [2.05, 4.69) is 15.6 Å². The van der Waals surface area contributed by atoms with Crippen LogP contribution in [0.4, 0.5) is 5.69 Å². The molecule has 2 aromatic heterocycles. The number of anilines is 1. The zero-order valence-corrected chi connectivity index (χ0v) is 14.1. The number of furan rings is 1. The predicted octanol–water partition coefficient (Wildman–Crippen LogP) is 2.59. The van der Waals surface area contributed by atoms with Gasteiger partial charge in [-0.05, 0) is 36.4 Å². The molecule has 2 amide bonds. The number of nitrogens with zero attached hydrogens (tertiary/aromatic N) is 1. The number of benzene rings is 1. The minimum absolute atomic E-state index is 0.139. The first kappa shape index (κ1) is 16.6. The normalized spacial score (nSPS) is 11.9. The number of fused-ring (bicyclic) bond motifs is 1. The summed E-state index contributed by atoms with van der Waals surface area (Å²) in [4.78, 5) is 28.7. The van der Waals surface area contributed by atoms with Crippen molar-refractivity contribution in [3.8, 4) is 11.5 Å². The first-order chi connectivity index (χ1) is 13.2. The summed E-state index contributed by atoms with van der Waals surface area (Å²) in [6.45, 7) is 0.398. The number of hydrogen-bond donors (Lipinski definition) is 2. The fourth-order valence-corrected chi connectivity index (χ4v) is 2.54. The average molecular weight is 365 g/mol. The lowest BCUT2D eigenvalue weighted by molar-refractivity contribution is 0.0943. The molecule has 0 atom stereocenters. The van der Waals surface area contributed by atoms with Crippen LogP contribution in [-0.4, -0.2) is 23.6 Å². The summed E-state index contributed by atoms with van der Waals surface area (Å²) in [5, 5.41) is 5.45. The van der Waals surface area contributed by atoms with Gasteiger partial charge in [-0.1, -0.05) is 0 Å². The fraction of sp³-hybridized carbons (Fsp3) is 0.105. The van der Waals surface area contributed by atoms with Crippen LogP contribution >= 0.6 is 0 Å². The van der Waals surface area contributed by atoms with Gasteiger partial charge in [0.05, 0.1) is 12.8 Å². The van der Waals surface area contributed by atoms with Crippen LogP contribution in [0, 0.1) is 0 Å². The van der Waals surface area contributed by atoms with Crippen LogP contribution in [0.5, 0.6) is 11.5 Å². The second-order valence-corrected chi connectivity index (χ2v) is 5.71. The average Bonchev–Trinajstić information content (AvgIpc) is 3.37. The molecule has 0 spiro atoms. The molecule has 0 unspecified atom stereocenters. The molecule has 0 aliphatic carbocycles. The molecule has 0 saturated heterocycles. The van der Waals surface area contributed by atoms with Gasteiger partial charge in [0.15, 0.2) is 11.5 Å². The second-order valence-electron chi connectivity index (χ2n) is 5.71. The van der Waals surface area contributed by atoms with Crippen molar-refractivity contribution in [3.63, 3.8) is 0 Å². The minimum atomic E-state index is -0.399. The summed E-state index contributed by atoms with van der Waals surface area (Å²) < 4.78 is 15.7. The number of pyridine rings is 1. The van der Waals surface area contributed by atoms with E-state index in [-0.39, 0.29) is 24.9 Å². The van der Waals surface area contributed by atoms with Gasteiger partial charge in [0.1, 0.15) is 11.5 Å². The molecule has 3 heterocycles. The Labute approximate surface area is 154 Å².